The first-order chi connectivity index (χ1) is 7.34. The molecule has 2 aromatic heterocycles. The SMILES string of the molecule is NC(Cc1cccnc1)Cc1cncs1. The lowest BCUT2D eigenvalue weighted by atomic mass is 10.1. The van der Waals surface area contributed by atoms with E-state index in [2.05, 4.69) is 16.0 Å². The van der Waals surface area contributed by atoms with Crippen molar-refractivity contribution in [3.63, 3.8) is 0 Å². The maximum Gasteiger partial charge on any atom is 0.0794 e. The molecule has 1 unspecified atom stereocenters. The summed E-state index contributed by atoms with van der Waals surface area (Å²) in [5, 5.41) is 0. The number of nitrogens with zero attached hydrogens (tertiary/aromatic N) is 2. The molecule has 2 N–H and O–H groups in total. The monoisotopic (exact) mass is 219 g/mol. The molecule has 0 amide bonds. The molecule has 0 aliphatic heterocycles. The summed E-state index contributed by atoms with van der Waals surface area (Å²) < 4.78 is 0. The van der Waals surface area contributed by atoms with Crippen LogP contribution in [0.25, 0.3) is 0 Å². The van der Waals surface area contributed by atoms with Gasteiger partial charge in [0.15, 0.2) is 0 Å². The minimum atomic E-state index is 0.148. The van der Waals surface area contributed by atoms with Crippen LogP contribution < -0.4 is 5.73 Å². The Morgan fingerprint density at radius 3 is 2.87 bits per heavy atom. The van der Waals surface area contributed by atoms with Gasteiger partial charge < -0.3 is 5.73 Å². The van der Waals surface area contributed by atoms with Crippen LogP contribution in [0, 0.1) is 0 Å². The second-order valence-corrected chi connectivity index (χ2v) is 4.47. The van der Waals surface area contributed by atoms with Gasteiger partial charge >= 0.3 is 0 Å². The molecule has 0 spiro atoms. The molecule has 0 saturated carbocycles. The van der Waals surface area contributed by atoms with E-state index in [-0.39, 0.29) is 6.04 Å². The third-order valence-electron chi connectivity index (χ3n) is 2.17. The van der Waals surface area contributed by atoms with Crippen molar-refractivity contribution in [2.45, 2.75) is 18.9 Å². The van der Waals surface area contributed by atoms with E-state index >= 15 is 0 Å². The fraction of sp³-hybridized carbons (Fsp3) is 0.273. The van der Waals surface area contributed by atoms with Gasteiger partial charge in [0.2, 0.25) is 0 Å². The second kappa shape index (κ2) is 5.00. The Kier molecular flexibility index (Phi) is 3.42. The summed E-state index contributed by atoms with van der Waals surface area (Å²) in [5.74, 6) is 0. The molecule has 1 atom stereocenters. The van der Waals surface area contributed by atoms with Crippen LogP contribution in [-0.4, -0.2) is 16.0 Å². The quantitative estimate of drug-likeness (QED) is 0.850. The van der Waals surface area contributed by atoms with E-state index in [1.165, 1.54) is 10.4 Å². The Labute approximate surface area is 93.0 Å². The van der Waals surface area contributed by atoms with Gasteiger partial charge in [0, 0.05) is 29.5 Å². The summed E-state index contributed by atoms with van der Waals surface area (Å²) in [5.41, 5.74) is 9.08. The van der Waals surface area contributed by atoms with E-state index in [1.54, 1.807) is 17.5 Å². The second-order valence-electron chi connectivity index (χ2n) is 3.50. The molecule has 0 aliphatic carbocycles. The highest BCUT2D eigenvalue weighted by atomic mass is 32.1. The molecular formula is C11H13N3S. The number of rotatable bonds is 4. The Bertz CT molecular complexity index is 385. The zero-order valence-corrected chi connectivity index (χ0v) is 9.15. The zero-order chi connectivity index (χ0) is 10.5. The summed E-state index contributed by atoms with van der Waals surface area (Å²) in [7, 11) is 0. The molecule has 0 fully saturated rings. The van der Waals surface area contributed by atoms with Crippen LogP contribution in [0.2, 0.25) is 0 Å². The zero-order valence-electron chi connectivity index (χ0n) is 8.34. The normalized spacial score (nSPS) is 12.6. The van der Waals surface area contributed by atoms with Crippen molar-refractivity contribution < 1.29 is 0 Å². The highest BCUT2D eigenvalue weighted by Crippen LogP contribution is 2.10. The summed E-state index contributed by atoms with van der Waals surface area (Å²) >= 11 is 1.66. The van der Waals surface area contributed by atoms with Crippen LogP contribution in [0.3, 0.4) is 0 Å². The van der Waals surface area contributed by atoms with Gasteiger partial charge in [0.05, 0.1) is 5.51 Å². The molecule has 2 heterocycles. The average Bonchev–Trinajstić information content (AvgIpc) is 2.71. The Morgan fingerprint density at radius 2 is 2.20 bits per heavy atom. The predicted octanol–water partition coefficient (Wildman–Crippen LogP) is 1.65. The van der Waals surface area contributed by atoms with Crippen LogP contribution in [0.15, 0.2) is 36.2 Å². The van der Waals surface area contributed by atoms with Gasteiger partial charge in [0.25, 0.3) is 0 Å². The maximum absolute atomic E-state index is 6.05. The van der Waals surface area contributed by atoms with Gasteiger partial charge in [-0.25, -0.2) is 0 Å². The third-order valence-corrected chi connectivity index (χ3v) is 2.97. The highest BCUT2D eigenvalue weighted by Gasteiger charge is 2.06. The molecule has 0 aliphatic rings. The number of hydrogen-bond donors (Lipinski definition) is 1. The van der Waals surface area contributed by atoms with E-state index < -0.39 is 0 Å². The lowest BCUT2D eigenvalue weighted by molar-refractivity contribution is 0.668. The van der Waals surface area contributed by atoms with E-state index in [1.807, 2.05) is 24.0 Å². The van der Waals surface area contributed by atoms with Crippen LogP contribution in [-0.2, 0) is 12.8 Å². The minimum absolute atomic E-state index is 0.148. The summed E-state index contributed by atoms with van der Waals surface area (Å²) in [6.45, 7) is 0. The van der Waals surface area contributed by atoms with Gasteiger partial charge in [0.1, 0.15) is 0 Å². The fourth-order valence-corrected chi connectivity index (χ4v) is 2.18. The molecule has 4 heteroatoms. The Balaban J connectivity index is 1.90. The van der Waals surface area contributed by atoms with Gasteiger partial charge in [-0.3, -0.25) is 9.97 Å². The number of nitrogens with two attached hydrogens (primary N) is 1. The van der Waals surface area contributed by atoms with Gasteiger partial charge in [-0.15, -0.1) is 11.3 Å². The standard InChI is InChI=1S/C11H13N3S/c12-10(5-11-7-14-8-15-11)4-9-2-1-3-13-6-9/h1-3,6-8,10H,4-5,12H2. The Morgan fingerprint density at radius 1 is 1.27 bits per heavy atom. The van der Waals surface area contributed by atoms with Crippen molar-refractivity contribution in [2.75, 3.05) is 0 Å². The first-order valence-corrected chi connectivity index (χ1v) is 5.74. The largest absolute Gasteiger partial charge is 0.327 e. The van der Waals surface area contributed by atoms with E-state index in [0.717, 1.165) is 12.8 Å². The van der Waals surface area contributed by atoms with Crippen LogP contribution in [0.5, 0.6) is 0 Å². The van der Waals surface area contributed by atoms with Crippen LogP contribution in [0.1, 0.15) is 10.4 Å². The number of hydrogen-bond acceptors (Lipinski definition) is 4. The topological polar surface area (TPSA) is 51.8 Å². The molecule has 78 valence electrons. The molecule has 2 aromatic rings. The van der Waals surface area contributed by atoms with Gasteiger partial charge in [-0.05, 0) is 24.5 Å². The van der Waals surface area contributed by atoms with Crippen molar-refractivity contribution in [3.8, 4) is 0 Å². The summed E-state index contributed by atoms with van der Waals surface area (Å²) in [6.07, 6.45) is 7.28. The average molecular weight is 219 g/mol. The first-order valence-electron chi connectivity index (χ1n) is 4.86. The molecule has 2 rings (SSSR count). The third kappa shape index (κ3) is 3.11. The van der Waals surface area contributed by atoms with Crippen molar-refractivity contribution in [2.24, 2.45) is 5.73 Å². The molecular weight excluding hydrogens is 206 g/mol. The van der Waals surface area contributed by atoms with Gasteiger partial charge in [-0.2, -0.15) is 0 Å². The molecule has 0 radical (unpaired) electrons. The molecule has 0 aromatic carbocycles. The Hall–Kier alpha value is -1.26. The molecule has 15 heavy (non-hydrogen) atoms. The van der Waals surface area contributed by atoms with Crippen molar-refractivity contribution >= 4 is 11.3 Å². The number of pyridine rings is 1. The van der Waals surface area contributed by atoms with Crippen molar-refractivity contribution in [1.29, 1.82) is 0 Å². The van der Waals surface area contributed by atoms with E-state index in [4.69, 9.17) is 5.73 Å². The lowest BCUT2D eigenvalue weighted by Crippen LogP contribution is -2.25. The van der Waals surface area contributed by atoms with E-state index in [9.17, 15) is 0 Å². The summed E-state index contributed by atoms with van der Waals surface area (Å²) in [6, 6.07) is 4.14. The smallest absolute Gasteiger partial charge is 0.0794 e. The summed E-state index contributed by atoms with van der Waals surface area (Å²) in [4.78, 5) is 9.34. The lowest BCUT2D eigenvalue weighted by Gasteiger charge is -2.09. The highest BCUT2D eigenvalue weighted by molar-refractivity contribution is 7.09. The van der Waals surface area contributed by atoms with Crippen LogP contribution >= 0.6 is 11.3 Å². The van der Waals surface area contributed by atoms with Gasteiger partial charge in [-0.1, -0.05) is 6.07 Å². The first kappa shape index (κ1) is 10.3. The number of aromatic nitrogens is 2. The molecule has 0 bridgehead atoms. The predicted molar refractivity (Wildman–Crippen MR) is 61.7 cm³/mol. The minimum Gasteiger partial charge on any atom is -0.327 e. The van der Waals surface area contributed by atoms with E-state index in [0.29, 0.717) is 0 Å². The van der Waals surface area contributed by atoms with Crippen molar-refractivity contribution in [3.05, 3.63) is 46.7 Å². The van der Waals surface area contributed by atoms with Crippen molar-refractivity contribution in [1.82, 2.24) is 9.97 Å². The molecule has 3 nitrogen and oxygen atoms in total. The fourth-order valence-electron chi connectivity index (χ4n) is 1.50. The molecule has 0 saturated heterocycles. The number of thiazole rings is 1. The maximum atomic E-state index is 6.05. The van der Waals surface area contributed by atoms with Crippen LogP contribution in [0.4, 0.5) is 0 Å².